The molecule has 0 saturated carbocycles. The Bertz CT molecular complexity index is 444. The number of rotatable bonds is 4. The van der Waals surface area contributed by atoms with Crippen LogP contribution in [0, 0.1) is 0 Å². The van der Waals surface area contributed by atoms with Crippen molar-refractivity contribution >= 4 is 18.2 Å². The molecule has 0 unspecified atom stereocenters. The molecule has 0 aliphatic carbocycles. The lowest BCUT2D eigenvalue weighted by atomic mass is 10.0. The van der Waals surface area contributed by atoms with Crippen LogP contribution in [0.15, 0.2) is 35.0 Å². The van der Waals surface area contributed by atoms with Gasteiger partial charge >= 0.3 is 0 Å². The van der Waals surface area contributed by atoms with Gasteiger partial charge in [-0.1, -0.05) is 24.3 Å². The molecule has 82 valence electrons. The van der Waals surface area contributed by atoms with E-state index in [1.54, 1.807) is 0 Å². The first-order chi connectivity index (χ1) is 7.81. The molecule has 1 N–H and O–H groups in total. The lowest BCUT2D eigenvalue weighted by Crippen LogP contribution is -2.09. The molecule has 1 aromatic carbocycles. The van der Waals surface area contributed by atoms with Gasteiger partial charge in [0.25, 0.3) is 0 Å². The normalized spacial score (nSPS) is 14.3. The SMILES string of the molecule is CC1=C(c2ccc(CNC=O)cc2)CC=N1. The van der Waals surface area contributed by atoms with Crippen LogP contribution in [0.3, 0.4) is 0 Å². The minimum atomic E-state index is 0.582. The third kappa shape index (κ3) is 2.19. The summed E-state index contributed by atoms with van der Waals surface area (Å²) in [6.07, 6.45) is 3.57. The number of allylic oxidation sites excluding steroid dienone is 2. The summed E-state index contributed by atoms with van der Waals surface area (Å²) in [4.78, 5) is 14.4. The molecule has 16 heavy (non-hydrogen) atoms. The molecule has 0 aromatic heterocycles. The summed E-state index contributed by atoms with van der Waals surface area (Å²) in [7, 11) is 0. The highest BCUT2D eigenvalue weighted by molar-refractivity contribution is 5.86. The lowest BCUT2D eigenvalue weighted by Gasteiger charge is -2.05. The fourth-order valence-corrected chi connectivity index (χ4v) is 1.81. The van der Waals surface area contributed by atoms with Gasteiger partial charge in [-0.2, -0.15) is 0 Å². The average Bonchev–Trinajstić information content (AvgIpc) is 2.74. The molecule has 3 heteroatoms. The van der Waals surface area contributed by atoms with Gasteiger partial charge in [0.2, 0.25) is 6.41 Å². The minimum Gasteiger partial charge on any atom is -0.355 e. The second kappa shape index (κ2) is 4.75. The van der Waals surface area contributed by atoms with Gasteiger partial charge in [0.05, 0.1) is 0 Å². The van der Waals surface area contributed by atoms with Gasteiger partial charge < -0.3 is 5.32 Å². The van der Waals surface area contributed by atoms with Crippen LogP contribution < -0.4 is 5.32 Å². The molecule has 0 bridgehead atoms. The molecule has 1 amide bonds. The van der Waals surface area contributed by atoms with E-state index in [1.165, 1.54) is 11.1 Å². The molecule has 1 aromatic rings. The van der Waals surface area contributed by atoms with Gasteiger partial charge in [0.1, 0.15) is 0 Å². The van der Waals surface area contributed by atoms with Crippen LogP contribution in [0.5, 0.6) is 0 Å². The van der Waals surface area contributed by atoms with E-state index in [4.69, 9.17) is 0 Å². The first-order valence-electron chi connectivity index (χ1n) is 5.30. The quantitative estimate of drug-likeness (QED) is 0.766. The van der Waals surface area contributed by atoms with Crippen molar-refractivity contribution in [1.29, 1.82) is 0 Å². The fourth-order valence-electron chi connectivity index (χ4n) is 1.81. The summed E-state index contributed by atoms with van der Waals surface area (Å²) in [6, 6.07) is 8.22. The zero-order chi connectivity index (χ0) is 11.4. The van der Waals surface area contributed by atoms with Crippen molar-refractivity contribution in [2.24, 2.45) is 4.99 Å². The molecule has 0 fully saturated rings. The number of carbonyl (C=O) groups is 1. The monoisotopic (exact) mass is 214 g/mol. The number of benzene rings is 1. The summed E-state index contributed by atoms with van der Waals surface area (Å²) in [5.74, 6) is 0. The van der Waals surface area contributed by atoms with Crippen LogP contribution in [0.2, 0.25) is 0 Å². The summed E-state index contributed by atoms with van der Waals surface area (Å²) >= 11 is 0. The number of hydrogen-bond donors (Lipinski definition) is 1. The Labute approximate surface area is 94.9 Å². The van der Waals surface area contributed by atoms with Gasteiger partial charge in [0, 0.05) is 24.9 Å². The largest absolute Gasteiger partial charge is 0.355 e. The number of nitrogens with zero attached hydrogens (tertiary/aromatic N) is 1. The van der Waals surface area contributed by atoms with Crippen molar-refractivity contribution in [1.82, 2.24) is 5.32 Å². The standard InChI is InChI=1S/C13H14N2O/c1-10-13(6-7-15-10)12-4-2-11(3-5-12)8-14-9-16/h2-5,7,9H,6,8H2,1H3,(H,14,16). The van der Waals surface area contributed by atoms with E-state index in [0.717, 1.165) is 17.7 Å². The van der Waals surface area contributed by atoms with Gasteiger partial charge in [0.15, 0.2) is 0 Å². The average molecular weight is 214 g/mol. The van der Waals surface area contributed by atoms with Crippen LogP contribution >= 0.6 is 0 Å². The highest BCUT2D eigenvalue weighted by atomic mass is 16.1. The predicted octanol–water partition coefficient (Wildman–Crippen LogP) is 2.14. The Hall–Kier alpha value is -1.90. The highest BCUT2D eigenvalue weighted by Gasteiger charge is 2.08. The second-order valence-electron chi connectivity index (χ2n) is 3.78. The zero-order valence-electron chi connectivity index (χ0n) is 9.23. The van der Waals surface area contributed by atoms with Crippen molar-refractivity contribution in [3.63, 3.8) is 0 Å². The molecule has 0 radical (unpaired) electrons. The summed E-state index contributed by atoms with van der Waals surface area (Å²) in [5, 5.41) is 2.65. The van der Waals surface area contributed by atoms with Crippen molar-refractivity contribution in [3.05, 3.63) is 41.1 Å². The summed E-state index contributed by atoms with van der Waals surface area (Å²) in [5.41, 5.74) is 4.70. The van der Waals surface area contributed by atoms with Crippen LogP contribution in [0.1, 0.15) is 24.5 Å². The Morgan fingerprint density at radius 3 is 2.69 bits per heavy atom. The van der Waals surface area contributed by atoms with E-state index < -0.39 is 0 Å². The van der Waals surface area contributed by atoms with Crippen molar-refractivity contribution < 1.29 is 4.79 Å². The number of hydrogen-bond acceptors (Lipinski definition) is 2. The Kier molecular flexibility index (Phi) is 3.15. The maximum Gasteiger partial charge on any atom is 0.207 e. The maximum atomic E-state index is 10.2. The molecule has 1 aliphatic rings. The molecule has 0 atom stereocenters. The number of carbonyl (C=O) groups excluding carboxylic acids is 1. The second-order valence-corrected chi connectivity index (χ2v) is 3.78. The van der Waals surface area contributed by atoms with E-state index in [0.29, 0.717) is 13.0 Å². The Morgan fingerprint density at radius 1 is 1.38 bits per heavy atom. The molecule has 1 heterocycles. The van der Waals surface area contributed by atoms with Crippen LogP contribution in [0.4, 0.5) is 0 Å². The predicted molar refractivity (Wildman–Crippen MR) is 65.0 cm³/mol. The van der Waals surface area contributed by atoms with Gasteiger partial charge in [-0.05, 0) is 23.6 Å². The first kappa shape index (κ1) is 10.6. The number of nitrogens with one attached hydrogen (secondary N) is 1. The van der Waals surface area contributed by atoms with Crippen LogP contribution in [-0.4, -0.2) is 12.6 Å². The molecule has 0 saturated heterocycles. The third-order valence-corrected chi connectivity index (χ3v) is 2.71. The van der Waals surface area contributed by atoms with Crippen molar-refractivity contribution in [2.45, 2.75) is 19.9 Å². The summed E-state index contributed by atoms with van der Waals surface area (Å²) < 4.78 is 0. The topological polar surface area (TPSA) is 41.5 Å². The van der Waals surface area contributed by atoms with Crippen LogP contribution in [0.25, 0.3) is 5.57 Å². The Balaban J connectivity index is 2.14. The number of amides is 1. The molecule has 1 aliphatic heterocycles. The molecule has 3 nitrogen and oxygen atoms in total. The van der Waals surface area contributed by atoms with E-state index >= 15 is 0 Å². The molecule has 2 rings (SSSR count). The van der Waals surface area contributed by atoms with Crippen molar-refractivity contribution in [3.8, 4) is 0 Å². The molecule has 0 spiro atoms. The van der Waals surface area contributed by atoms with Gasteiger partial charge in [-0.15, -0.1) is 0 Å². The van der Waals surface area contributed by atoms with Gasteiger partial charge in [-0.25, -0.2) is 0 Å². The summed E-state index contributed by atoms with van der Waals surface area (Å²) in [6.45, 7) is 2.61. The van der Waals surface area contributed by atoms with Crippen LogP contribution in [-0.2, 0) is 11.3 Å². The number of aliphatic imine (C=N–C) groups is 1. The minimum absolute atomic E-state index is 0.582. The van der Waals surface area contributed by atoms with E-state index in [2.05, 4.69) is 22.4 Å². The maximum absolute atomic E-state index is 10.2. The van der Waals surface area contributed by atoms with Gasteiger partial charge in [-0.3, -0.25) is 9.79 Å². The lowest BCUT2D eigenvalue weighted by molar-refractivity contribution is -0.109. The highest BCUT2D eigenvalue weighted by Crippen LogP contribution is 2.26. The van der Waals surface area contributed by atoms with E-state index in [-0.39, 0.29) is 0 Å². The first-order valence-corrected chi connectivity index (χ1v) is 5.30. The van der Waals surface area contributed by atoms with E-state index in [9.17, 15) is 4.79 Å². The zero-order valence-corrected chi connectivity index (χ0v) is 9.23. The molecular formula is C13H14N2O. The third-order valence-electron chi connectivity index (χ3n) is 2.71. The smallest absolute Gasteiger partial charge is 0.207 e. The fraction of sp³-hybridized carbons (Fsp3) is 0.231. The van der Waals surface area contributed by atoms with Crippen molar-refractivity contribution in [2.75, 3.05) is 0 Å². The Morgan fingerprint density at radius 2 is 2.12 bits per heavy atom. The van der Waals surface area contributed by atoms with E-state index in [1.807, 2.05) is 25.3 Å². The molecular weight excluding hydrogens is 200 g/mol.